The van der Waals surface area contributed by atoms with Gasteiger partial charge >= 0.3 is 0 Å². The molecule has 2 aromatic rings. The second kappa shape index (κ2) is 6.42. The highest BCUT2D eigenvalue weighted by Crippen LogP contribution is 2.29. The molecular weight excluding hydrogens is 277 g/mol. The van der Waals surface area contributed by atoms with Gasteiger partial charge in [-0.15, -0.1) is 0 Å². The van der Waals surface area contributed by atoms with Crippen LogP contribution < -0.4 is 5.32 Å². The number of aryl methyl sites for hydroxylation is 1. The number of rotatable bonds is 4. The molecule has 2 rings (SSSR count). The van der Waals surface area contributed by atoms with Crippen molar-refractivity contribution in [3.63, 3.8) is 0 Å². The van der Waals surface area contributed by atoms with Crippen molar-refractivity contribution in [3.8, 4) is 0 Å². The van der Waals surface area contributed by atoms with Gasteiger partial charge in [0.1, 0.15) is 0 Å². The summed E-state index contributed by atoms with van der Waals surface area (Å²) in [6, 6.07) is 14.1. The molecule has 0 heterocycles. The molecule has 0 aliphatic rings. The molecule has 100 valence electrons. The lowest BCUT2D eigenvalue weighted by molar-refractivity contribution is 0.631. The van der Waals surface area contributed by atoms with Gasteiger partial charge in [0, 0.05) is 10.0 Å². The van der Waals surface area contributed by atoms with E-state index in [-0.39, 0.29) is 6.04 Å². The number of halogens is 2. The van der Waals surface area contributed by atoms with Crippen molar-refractivity contribution in [1.82, 2.24) is 5.32 Å². The zero-order valence-corrected chi connectivity index (χ0v) is 12.6. The van der Waals surface area contributed by atoms with E-state index in [1.807, 2.05) is 37.3 Å². The molecular formula is C16H17Cl2N. The molecule has 0 saturated carbocycles. The summed E-state index contributed by atoms with van der Waals surface area (Å²) in [4.78, 5) is 0. The van der Waals surface area contributed by atoms with E-state index in [0.717, 1.165) is 27.7 Å². The van der Waals surface area contributed by atoms with Gasteiger partial charge in [0.2, 0.25) is 0 Å². The van der Waals surface area contributed by atoms with E-state index in [1.165, 1.54) is 5.56 Å². The minimum Gasteiger partial charge on any atom is -0.306 e. The quantitative estimate of drug-likeness (QED) is 0.836. The molecule has 0 radical (unpaired) electrons. The summed E-state index contributed by atoms with van der Waals surface area (Å²) in [7, 11) is 0. The Labute approximate surface area is 124 Å². The molecule has 0 aliphatic heterocycles. The van der Waals surface area contributed by atoms with Crippen LogP contribution in [-0.4, -0.2) is 6.54 Å². The van der Waals surface area contributed by atoms with Gasteiger partial charge in [-0.05, 0) is 48.4 Å². The minimum absolute atomic E-state index is 0.0929. The van der Waals surface area contributed by atoms with Crippen LogP contribution in [0.3, 0.4) is 0 Å². The molecule has 1 N–H and O–H groups in total. The first kappa shape index (κ1) is 14.4. The monoisotopic (exact) mass is 293 g/mol. The van der Waals surface area contributed by atoms with Gasteiger partial charge in [-0.1, -0.05) is 54.4 Å². The highest BCUT2D eigenvalue weighted by Gasteiger charge is 2.15. The van der Waals surface area contributed by atoms with Gasteiger partial charge in [-0.2, -0.15) is 0 Å². The van der Waals surface area contributed by atoms with Crippen LogP contribution >= 0.6 is 23.2 Å². The molecule has 2 aromatic carbocycles. The van der Waals surface area contributed by atoms with Crippen LogP contribution in [0.2, 0.25) is 10.0 Å². The largest absolute Gasteiger partial charge is 0.306 e. The van der Waals surface area contributed by atoms with Crippen LogP contribution in [0.15, 0.2) is 42.5 Å². The Morgan fingerprint density at radius 2 is 1.74 bits per heavy atom. The molecule has 0 bridgehead atoms. The predicted molar refractivity (Wildman–Crippen MR) is 83.2 cm³/mol. The van der Waals surface area contributed by atoms with Crippen LogP contribution in [0.5, 0.6) is 0 Å². The molecule has 1 atom stereocenters. The lowest BCUT2D eigenvalue weighted by Crippen LogP contribution is -2.22. The maximum atomic E-state index is 6.38. The summed E-state index contributed by atoms with van der Waals surface area (Å²) in [6.07, 6.45) is 0. The van der Waals surface area contributed by atoms with E-state index >= 15 is 0 Å². The SMILES string of the molecule is CCNC(c1ccc(Cl)cc1)c1ccc(C)cc1Cl. The molecule has 1 unspecified atom stereocenters. The van der Waals surface area contributed by atoms with Gasteiger partial charge in [-0.3, -0.25) is 0 Å². The summed E-state index contributed by atoms with van der Waals surface area (Å²) in [5.74, 6) is 0. The molecule has 0 fully saturated rings. The van der Waals surface area contributed by atoms with Crippen LogP contribution in [0.25, 0.3) is 0 Å². The van der Waals surface area contributed by atoms with Crippen LogP contribution in [-0.2, 0) is 0 Å². The van der Waals surface area contributed by atoms with Crippen molar-refractivity contribution in [3.05, 3.63) is 69.2 Å². The number of hydrogen-bond acceptors (Lipinski definition) is 1. The Bertz CT molecular complexity index is 549. The van der Waals surface area contributed by atoms with Crippen LogP contribution in [0.4, 0.5) is 0 Å². The van der Waals surface area contributed by atoms with Gasteiger partial charge in [0.15, 0.2) is 0 Å². The van der Waals surface area contributed by atoms with Gasteiger partial charge in [-0.25, -0.2) is 0 Å². The van der Waals surface area contributed by atoms with Gasteiger partial charge in [0.25, 0.3) is 0 Å². The lowest BCUT2D eigenvalue weighted by atomic mass is 9.97. The highest BCUT2D eigenvalue weighted by molar-refractivity contribution is 6.31. The minimum atomic E-state index is 0.0929. The number of hydrogen-bond donors (Lipinski definition) is 1. The molecule has 0 saturated heterocycles. The first-order valence-corrected chi connectivity index (χ1v) is 7.12. The number of nitrogens with one attached hydrogen (secondary N) is 1. The second-order valence-electron chi connectivity index (χ2n) is 4.57. The molecule has 0 aromatic heterocycles. The summed E-state index contributed by atoms with van der Waals surface area (Å²) in [6.45, 7) is 5.00. The Hall–Kier alpha value is -1.02. The first-order valence-electron chi connectivity index (χ1n) is 6.36. The topological polar surface area (TPSA) is 12.0 Å². The Balaban J connectivity index is 2.41. The summed E-state index contributed by atoms with van der Waals surface area (Å²) in [5, 5.41) is 5.00. The molecule has 19 heavy (non-hydrogen) atoms. The first-order chi connectivity index (χ1) is 9.11. The average Bonchev–Trinajstić information content (AvgIpc) is 2.38. The maximum absolute atomic E-state index is 6.38. The van der Waals surface area contributed by atoms with E-state index < -0.39 is 0 Å². The Morgan fingerprint density at radius 3 is 2.32 bits per heavy atom. The fraction of sp³-hybridized carbons (Fsp3) is 0.250. The summed E-state index contributed by atoms with van der Waals surface area (Å²) < 4.78 is 0. The van der Waals surface area contributed by atoms with Crippen LogP contribution in [0.1, 0.15) is 29.7 Å². The van der Waals surface area contributed by atoms with E-state index in [4.69, 9.17) is 23.2 Å². The Morgan fingerprint density at radius 1 is 1.05 bits per heavy atom. The average molecular weight is 294 g/mol. The van der Waals surface area contributed by atoms with E-state index in [1.54, 1.807) is 0 Å². The van der Waals surface area contributed by atoms with Crippen molar-refractivity contribution in [2.75, 3.05) is 6.54 Å². The predicted octanol–water partition coefficient (Wildman–Crippen LogP) is 5.00. The van der Waals surface area contributed by atoms with Crippen molar-refractivity contribution >= 4 is 23.2 Å². The maximum Gasteiger partial charge on any atom is 0.0591 e. The number of benzene rings is 2. The fourth-order valence-electron chi connectivity index (χ4n) is 2.13. The lowest BCUT2D eigenvalue weighted by Gasteiger charge is -2.20. The van der Waals surface area contributed by atoms with Gasteiger partial charge in [0.05, 0.1) is 6.04 Å². The molecule has 3 heteroatoms. The highest BCUT2D eigenvalue weighted by atomic mass is 35.5. The van der Waals surface area contributed by atoms with E-state index in [0.29, 0.717) is 0 Å². The summed E-state index contributed by atoms with van der Waals surface area (Å²) >= 11 is 12.3. The van der Waals surface area contributed by atoms with Crippen molar-refractivity contribution in [1.29, 1.82) is 0 Å². The van der Waals surface area contributed by atoms with E-state index in [9.17, 15) is 0 Å². The van der Waals surface area contributed by atoms with Crippen molar-refractivity contribution in [2.45, 2.75) is 19.9 Å². The van der Waals surface area contributed by atoms with Crippen LogP contribution in [0, 0.1) is 6.92 Å². The van der Waals surface area contributed by atoms with Crippen molar-refractivity contribution in [2.24, 2.45) is 0 Å². The molecule has 0 spiro atoms. The molecule has 1 nitrogen and oxygen atoms in total. The zero-order chi connectivity index (χ0) is 13.8. The van der Waals surface area contributed by atoms with E-state index in [2.05, 4.69) is 24.4 Å². The molecule has 0 amide bonds. The van der Waals surface area contributed by atoms with Gasteiger partial charge < -0.3 is 5.32 Å². The van der Waals surface area contributed by atoms with Crippen molar-refractivity contribution < 1.29 is 0 Å². The fourth-order valence-corrected chi connectivity index (χ4v) is 2.60. The third-order valence-electron chi connectivity index (χ3n) is 3.08. The molecule has 0 aliphatic carbocycles. The smallest absolute Gasteiger partial charge is 0.0591 e. The third kappa shape index (κ3) is 3.50. The standard InChI is InChI=1S/C16H17Cl2N/c1-3-19-16(12-5-7-13(17)8-6-12)14-9-4-11(2)10-15(14)18/h4-10,16,19H,3H2,1-2H3. The normalized spacial score (nSPS) is 12.4. The second-order valence-corrected chi connectivity index (χ2v) is 5.41. The summed E-state index contributed by atoms with van der Waals surface area (Å²) in [5.41, 5.74) is 3.42. The zero-order valence-electron chi connectivity index (χ0n) is 11.1. The third-order valence-corrected chi connectivity index (χ3v) is 3.66. The Kier molecular flexibility index (Phi) is 4.87.